The highest BCUT2D eigenvalue weighted by atomic mass is 32.2. The van der Waals surface area contributed by atoms with E-state index in [-0.39, 0.29) is 32.1 Å². The number of hydroxylamine groups is 1. The van der Waals surface area contributed by atoms with E-state index in [0.29, 0.717) is 24.4 Å². The van der Waals surface area contributed by atoms with Gasteiger partial charge in [0, 0.05) is 38.3 Å². The molecule has 1 heterocycles. The lowest BCUT2D eigenvalue weighted by Gasteiger charge is -2.37. The third kappa shape index (κ3) is 8.95. The number of hydrogen-bond acceptors (Lipinski definition) is 7. The molecule has 2 rings (SSSR count). The molecule has 0 spiro atoms. The zero-order valence-corrected chi connectivity index (χ0v) is 21.2. The summed E-state index contributed by atoms with van der Waals surface area (Å²) in [5.74, 6) is 5.38. The van der Waals surface area contributed by atoms with Crippen LogP contribution in [0.2, 0.25) is 0 Å². The summed E-state index contributed by atoms with van der Waals surface area (Å²) in [6.07, 6.45) is 1.16. The van der Waals surface area contributed by atoms with E-state index in [2.05, 4.69) is 22.6 Å². The molecule has 0 aromatic heterocycles. The topological polar surface area (TPSA) is 117 Å². The van der Waals surface area contributed by atoms with Crippen LogP contribution >= 0.6 is 0 Å². The SMILES string of the molecule is CC#CCOc1ccc(C(=O)NCC(C(=O)NOC(C)(C)C)N2CCN(S(C)(=O)=O)CC2)cc1. The number of piperazine rings is 1. The zero-order chi connectivity index (χ0) is 25.4. The van der Waals surface area contributed by atoms with E-state index >= 15 is 0 Å². The lowest BCUT2D eigenvalue weighted by Crippen LogP contribution is -2.59. The molecule has 2 amide bonds. The fraction of sp³-hybridized carbons (Fsp3) is 0.565. The van der Waals surface area contributed by atoms with Crippen LogP contribution < -0.4 is 15.5 Å². The molecule has 2 N–H and O–H groups in total. The number of nitrogens with zero attached hydrogens (tertiary/aromatic N) is 2. The molecule has 1 aromatic rings. The van der Waals surface area contributed by atoms with Crippen molar-refractivity contribution >= 4 is 21.8 Å². The van der Waals surface area contributed by atoms with Crippen LogP contribution in [0.3, 0.4) is 0 Å². The molecule has 1 aliphatic heterocycles. The minimum Gasteiger partial charge on any atom is -0.481 e. The average Bonchev–Trinajstić information content (AvgIpc) is 2.77. The van der Waals surface area contributed by atoms with Gasteiger partial charge in [0.25, 0.3) is 11.8 Å². The van der Waals surface area contributed by atoms with Gasteiger partial charge in [0.1, 0.15) is 18.4 Å². The number of amides is 2. The molecule has 188 valence electrons. The Bertz CT molecular complexity index is 1000. The Morgan fingerprint density at radius 1 is 1.12 bits per heavy atom. The van der Waals surface area contributed by atoms with Gasteiger partial charge in [-0.2, -0.15) is 4.31 Å². The summed E-state index contributed by atoms with van der Waals surface area (Å²) in [6.45, 7) is 8.66. The molecular weight excluding hydrogens is 460 g/mol. The quantitative estimate of drug-likeness (QED) is 0.382. The first-order valence-electron chi connectivity index (χ1n) is 11.0. The Labute approximate surface area is 202 Å². The van der Waals surface area contributed by atoms with Crippen LogP contribution in [0.1, 0.15) is 38.1 Å². The minimum absolute atomic E-state index is 0.0292. The molecule has 10 nitrogen and oxygen atoms in total. The van der Waals surface area contributed by atoms with Crippen LogP contribution in [-0.2, 0) is 19.7 Å². The number of ether oxygens (including phenoxy) is 1. The van der Waals surface area contributed by atoms with Crippen LogP contribution in [0.4, 0.5) is 0 Å². The third-order valence-electron chi connectivity index (χ3n) is 5.00. The fourth-order valence-electron chi connectivity index (χ4n) is 3.19. The Kier molecular flexibility index (Phi) is 9.88. The second-order valence-electron chi connectivity index (χ2n) is 8.84. The van der Waals surface area contributed by atoms with Gasteiger partial charge in [-0.1, -0.05) is 5.92 Å². The first kappa shape index (κ1) is 27.6. The van der Waals surface area contributed by atoms with Gasteiger partial charge in [-0.15, -0.1) is 5.92 Å². The van der Waals surface area contributed by atoms with Crippen molar-refractivity contribution in [1.29, 1.82) is 0 Å². The second kappa shape index (κ2) is 12.2. The van der Waals surface area contributed by atoms with Crippen molar-refractivity contribution in [3.63, 3.8) is 0 Å². The Balaban J connectivity index is 2.03. The van der Waals surface area contributed by atoms with E-state index in [1.807, 2.05) is 4.90 Å². The predicted molar refractivity (Wildman–Crippen MR) is 128 cm³/mol. The number of carbonyl (C=O) groups excluding carboxylic acids is 2. The van der Waals surface area contributed by atoms with Crippen LogP contribution in [0, 0.1) is 11.8 Å². The van der Waals surface area contributed by atoms with E-state index in [9.17, 15) is 18.0 Å². The molecule has 0 radical (unpaired) electrons. The van der Waals surface area contributed by atoms with Crippen LogP contribution in [0.15, 0.2) is 24.3 Å². The van der Waals surface area contributed by atoms with Crippen LogP contribution in [0.5, 0.6) is 5.75 Å². The molecule has 0 saturated carbocycles. The highest BCUT2D eigenvalue weighted by molar-refractivity contribution is 7.88. The van der Waals surface area contributed by atoms with Crippen molar-refractivity contribution in [2.45, 2.75) is 39.3 Å². The van der Waals surface area contributed by atoms with Crippen LogP contribution in [0.25, 0.3) is 0 Å². The highest BCUT2D eigenvalue weighted by Crippen LogP contribution is 2.13. The maximum absolute atomic E-state index is 12.9. The summed E-state index contributed by atoms with van der Waals surface area (Å²) < 4.78 is 30.5. The molecule has 34 heavy (non-hydrogen) atoms. The van der Waals surface area contributed by atoms with Gasteiger partial charge in [-0.3, -0.25) is 19.3 Å². The van der Waals surface area contributed by atoms with Gasteiger partial charge < -0.3 is 10.1 Å². The first-order valence-corrected chi connectivity index (χ1v) is 12.8. The van der Waals surface area contributed by atoms with Gasteiger partial charge in [-0.05, 0) is 52.0 Å². The van der Waals surface area contributed by atoms with Crippen molar-refractivity contribution in [2.24, 2.45) is 0 Å². The Hall–Kier alpha value is -2.65. The van der Waals surface area contributed by atoms with Gasteiger partial charge in [0.2, 0.25) is 10.0 Å². The monoisotopic (exact) mass is 494 g/mol. The van der Waals surface area contributed by atoms with E-state index in [1.165, 1.54) is 4.31 Å². The molecular formula is C23H34N4O6S. The van der Waals surface area contributed by atoms with Gasteiger partial charge in [0.05, 0.1) is 11.9 Å². The molecule has 1 unspecified atom stereocenters. The van der Waals surface area contributed by atoms with Crippen molar-refractivity contribution in [2.75, 3.05) is 45.6 Å². The molecule has 1 aromatic carbocycles. The molecule has 1 fully saturated rings. The number of sulfonamides is 1. The maximum Gasteiger partial charge on any atom is 0.262 e. The van der Waals surface area contributed by atoms with E-state index in [1.54, 1.807) is 52.0 Å². The third-order valence-corrected chi connectivity index (χ3v) is 6.31. The maximum atomic E-state index is 12.9. The number of carbonyl (C=O) groups is 2. The summed E-state index contributed by atoms with van der Waals surface area (Å²) in [5.41, 5.74) is 2.29. The summed E-state index contributed by atoms with van der Waals surface area (Å²) in [7, 11) is -3.30. The summed E-state index contributed by atoms with van der Waals surface area (Å²) in [6, 6.07) is 5.89. The standard InChI is InChI=1S/C23H34N4O6S/c1-6-7-16-32-19-10-8-18(9-11-19)21(28)24-17-20(22(29)25-33-23(2,3)4)26-12-14-27(15-13-26)34(5,30)31/h8-11,20H,12-17H2,1-5H3,(H,24,28)(H,25,29). The lowest BCUT2D eigenvalue weighted by atomic mass is 10.1. The van der Waals surface area contributed by atoms with E-state index < -0.39 is 27.6 Å². The first-order chi connectivity index (χ1) is 15.9. The largest absolute Gasteiger partial charge is 0.481 e. The average molecular weight is 495 g/mol. The molecule has 1 aliphatic rings. The lowest BCUT2D eigenvalue weighted by molar-refractivity contribution is -0.151. The molecule has 11 heteroatoms. The number of rotatable bonds is 9. The summed E-state index contributed by atoms with van der Waals surface area (Å²) in [5, 5.41) is 2.80. The van der Waals surface area contributed by atoms with Gasteiger partial charge in [0.15, 0.2) is 0 Å². The smallest absolute Gasteiger partial charge is 0.262 e. The highest BCUT2D eigenvalue weighted by Gasteiger charge is 2.32. The fourth-order valence-corrected chi connectivity index (χ4v) is 4.02. The van der Waals surface area contributed by atoms with Crippen molar-refractivity contribution in [3.8, 4) is 17.6 Å². The summed E-state index contributed by atoms with van der Waals surface area (Å²) >= 11 is 0. The minimum atomic E-state index is -3.30. The second-order valence-corrected chi connectivity index (χ2v) is 10.8. The van der Waals surface area contributed by atoms with Gasteiger partial charge in [-0.25, -0.2) is 13.9 Å². The van der Waals surface area contributed by atoms with E-state index in [4.69, 9.17) is 9.57 Å². The van der Waals surface area contributed by atoms with E-state index in [0.717, 1.165) is 6.26 Å². The Morgan fingerprint density at radius 2 is 1.74 bits per heavy atom. The van der Waals surface area contributed by atoms with Crippen molar-refractivity contribution in [3.05, 3.63) is 29.8 Å². The number of hydrogen-bond donors (Lipinski definition) is 2. The van der Waals surface area contributed by atoms with Crippen molar-refractivity contribution in [1.82, 2.24) is 20.0 Å². The van der Waals surface area contributed by atoms with Crippen molar-refractivity contribution < 1.29 is 27.6 Å². The molecule has 0 bridgehead atoms. The zero-order valence-electron chi connectivity index (χ0n) is 20.4. The Morgan fingerprint density at radius 3 is 2.26 bits per heavy atom. The van der Waals surface area contributed by atoms with Gasteiger partial charge >= 0.3 is 0 Å². The molecule has 1 atom stereocenters. The number of benzene rings is 1. The normalized spacial score (nSPS) is 16.1. The molecule has 0 aliphatic carbocycles. The number of nitrogens with one attached hydrogen (secondary N) is 2. The molecule has 1 saturated heterocycles. The van der Waals surface area contributed by atoms with Crippen LogP contribution in [-0.4, -0.2) is 86.7 Å². The predicted octanol–water partition coefficient (Wildman–Crippen LogP) is 0.611. The summed E-state index contributed by atoms with van der Waals surface area (Å²) in [4.78, 5) is 32.8.